The van der Waals surface area contributed by atoms with Crippen LogP contribution in [0.5, 0.6) is 0 Å². The van der Waals surface area contributed by atoms with Crippen LogP contribution in [-0.4, -0.2) is 15.0 Å². The third-order valence-electron chi connectivity index (χ3n) is 0.511. The molecule has 0 spiro atoms. The SMILES string of the molecule is [2H]C([2H])([2H])n1cc(N)nn1. The first-order valence-electron chi connectivity index (χ1n) is 3.18. The Morgan fingerprint density at radius 3 is 3.29 bits per heavy atom. The number of aromatic nitrogens is 3. The molecule has 0 saturated heterocycles. The van der Waals surface area contributed by atoms with E-state index in [1.807, 2.05) is 0 Å². The molecule has 0 aromatic carbocycles. The number of aryl methyl sites for hydroxylation is 1. The fraction of sp³-hybridized carbons (Fsp3) is 0.333. The molecule has 0 radical (unpaired) electrons. The topological polar surface area (TPSA) is 56.7 Å². The van der Waals surface area contributed by atoms with Crippen molar-refractivity contribution in [3.05, 3.63) is 6.20 Å². The van der Waals surface area contributed by atoms with Crippen LogP contribution in [0.2, 0.25) is 0 Å². The molecule has 1 rings (SSSR count). The van der Waals surface area contributed by atoms with Crippen molar-refractivity contribution in [1.29, 1.82) is 0 Å². The second-order valence-corrected chi connectivity index (χ2v) is 1.09. The fourth-order valence-corrected chi connectivity index (χ4v) is 0.277. The fourth-order valence-electron chi connectivity index (χ4n) is 0.277. The second kappa shape index (κ2) is 1.22. The lowest BCUT2D eigenvalue weighted by Gasteiger charge is -1.75. The smallest absolute Gasteiger partial charge is 0.165 e. The van der Waals surface area contributed by atoms with E-state index in [1.165, 1.54) is 0 Å². The Balaban J connectivity index is 2.96. The zero-order chi connectivity index (χ0) is 7.78. The van der Waals surface area contributed by atoms with E-state index >= 15 is 0 Å². The van der Waals surface area contributed by atoms with Crippen LogP contribution in [0.3, 0.4) is 0 Å². The number of nitrogens with two attached hydrogens (primary N) is 1. The molecule has 2 N–H and O–H groups in total. The van der Waals surface area contributed by atoms with Gasteiger partial charge in [-0.3, -0.25) is 4.68 Å². The first kappa shape index (κ1) is 1.81. The quantitative estimate of drug-likeness (QED) is 0.474. The Hall–Kier alpha value is -1.06. The molecule has 0 aliphatic heterocycles. The van der Waals surface area contributed by atoms with Crippen LogP contribution in [0.4, 0.5) is 5.82 Å². The summed E-state index contributed by atoms with van der Waals surface area (Å²) in [7, 11) is 0. The zero-order valence-corrected chi connectivity index (χ0v) is 3.50. The minimum absolute atomic E-state index is 0.108. The van der Waals surface area contributed by atoms with Gasteiger partial charge in [0.05, 0.1) is 6.20 Å². The van der Waals surface area contributed by atoms with Gasteiger partial charge in [-0.25, -0.2) is 0 Å². The van der Waals surface area contributed by atoms with Gasteiger partial charge in [-0.2, -0.15) is 0 Å². The van der Waals surface area contributed by atoms with Gasteiger partial charge in [0, 0.05) is 11.1 Å². The summed E-state index contributed by atoms with van der Waals surface area (Å²) in [5.41, 5.74) is 5.13. The van der Waals surface area contributed by atoms with Crippen molar-refractivity contribution in [1.82, 2.24) is 15.0 Å². The Bertz CT molecular complexity index is 226. The van der Waals surface area contributed by atoms with Crippen LogP contribution in [0.25, 0.3) is 0 Å². The Labute approximate surface area is 45.1 Å². The Morgan fingerprint density at radius 2 is 3.00 bits per heavy atom. The zero-order valence-electron chi connectivity index (χ0n) is 6.50. The van der Waals surface area contributed by atoms with Gasteiger partial charge in [0.2, 0.25) is 0 Å². The van der Waals surface area contributed by atoms with Crippen molar-refractivity contribution in [3.8, 4) is 0 Å². The molecule has 7 heavy (non-hydrogen) atoms. The molecule has 1 aromatic rings. The van der Waals surface area contributed by atoms with E-state index < -0.39 is 6.98 Å². The van der Waals surface area contributed by atoms with Gasteiger partial charge >= 0.3 is 0 Å². The summed E-state index contributed by atoms with van der Waals surface area (Å²) in [5.74, 6) is 0.108. The van der Waals surface area contributed by atoms with Crippen LogP contribution in [0.1, 0.15) is 4.11 Å². The van der Waals surface area contributed by atoms with E-state index in [2.05, 4.69) is 10.3 Å². The van der Waals surface area contributed by atoms with Crippen molar-refractivity contribution in [3.63, 3.8) is 0 Å². The highest BCUT2D eigenvalue weighted by atomic mass is 15.4. The normalized spacial score (nSPS) is 17.4. The van der Waals surface area contributed by atoms with Crippen molar-refractivity contribution < 1.29 is 4.11 Å². The molecule has 38 valence electrons. The molecule has 0 amide bonds. The molecular formula is C3H6N4. The molecule has 0 unspecified atom stereocenters. The molecule has 0 atom stereocenters. The van der Waals surface area contributed by atoms with E-state index in [9.17, 15) is 0 Å². The molecule has 4 nitrogen and oxygen atoms in total. The summed E-state index contributed by atoms with van der Waals surface area (Å²) < 4.78 is 21.2. The molecule has 0 aliphatic rings. The predicted octanol–water partition coefficient (Wildman–Crippen LogP) is -0.603. The summed E-state index contributed by atoms with van der Waals surface area (Å²) in [6, 6.07) is 0. The Morgan fingerprint density at radius 1 is 2.14 bits per heavy atom. The van der Waals surface area contributed by atoms with Gasteiger partial charge in [-0.1, -0.05) is 5.21 Å². The monoisotopic (exact) mass is 101 g/mol. The molecule has 0 saturated carbocycles. The van der Waals surface area contributed by atoms with Crippen molar-refractivity contribution >= 4 is 5.82 Å². The number of hydrogen-bond donors (Lipinski definition) is 1. The van der Waals surface area contributed by atoms with Gasteiger partial charge < -0.3 is 5.73 Å². The lowest BCUT2D eigenvalue weighted by Crippen LogP contribution is -1.85. The maximum Gasteiger partial charge on any atom is 0.165 e. The number of hydrogen-bond acceptors (Lipinski definition) is 3. The highest BCUT2D eigenvalue weighted by Gasteiger charge is 1.84. The predicted molar refractivity (Wildman–Crippen MR) is 25.4 cm³/mol. The van der Waals surface area contributed by atoms with Gasteiger partial charge in [0.1, 0.15) is 0 Å². The van der Waals surface area contributed by atoms with E-state index in [0.717, 1.165) is 10.9 Å². The first-order valence-corrected chi connectivity index (χ1v) is 1.68. The molecule has 1 heterocycles. The largest absolute Gasteiger partial charge is 0.381 e. The summed E-state index contributed by atoms with van der Waals surface area (Å²) in [6.45, 7) is -2.27. The van der Waals surface area contributed by atoms with Crippen LogP contribution >= 0.6 is 0 Å². The summed E-state index contributed by atoms with van der Waals surface area (Å²) in [5, 5.41) is 6.58. The molecule has 4 heteroatoms. The minimum atomic E-state index is -2.27. The van der Waals surface area contributed by atoms with Crippen molar-refractivity contribution in [2.45, 2.75) is 0 Å². The Kier molecular flexibility index (Phi) is 0.315. The van der Waals surface area contributed by atoms with Crippen LogP contribution in [0, 0.1) is 0 Å². The van der Waals surface area contributed by atoms with Crippen LogP contribution < -0.4 is 5.73 Å². The maximum atomic E-state index is 6.82. The third-order valence-corrected chi connectivity index (χ3v) is 0.511. The maximum absolute atomic E-state index is 6.82. The summed E-state index contributed by atoms with van der Waals surface area (Å²) in [4.78, 5) is 0. The number of anilines is 1. The van der Waals surface area contributed by atoms with E-state index in [0.29, 0.717) is 0 Å². The van der Waals surface area contributed by atoms with Gasteiger partial charge in [-0.05, 0) is 0 Å². The molecule has 0 fully saturated rings. The standard InChI is InChI=1S/C3H6N4/c1-7-2-3(4)5-6-7/h2H,4H2,1H3/i1D3. The molecule has 0 aliphatic carbocycles. The third kappa shape index (κ3) is 0.677. The van der Waals surface area contributed by atoms with Crippen molar-refractivity contribution in [2.75, 3.05) is 5.73 Å². The van der Waals surface area contributed by atoms with E-state index in [-0.39, 0.29) is 5.82 Å². The highest BCUT2D eigenvalue weighted by molar-refractivity contribution is 5.19. The molecular weight excluding hydrogens is 92.1 g/mol. The lowest BCUT2D eigenvalue weighted by atomic mass is 10.8. The summed E-state index contributed by atoms with van der Waals surface area (Å²) in [6.07, 6.45) is 1.16. The summed E-state index contributed by atoms with van der Waals surface area (Å²) >= 11 is 0. The first-order chi connectivity index (χ1) is 4.50. The van der Waals surface area contributed by atoms with Crippen LogP contribution in [-0.2, 0) is 6.98 Å². The number of rotatable bonds is 0. The lowest BCUT2D eigenvalue weighted by molar-refractivity contribution is 0.715. The average molecular weight is 101 g/mol. The van der Waals surface area contributed by atoms with E-state index in [1.54, 1.807) is 0 Å². The van der Waals surface area contributed by atoms with Gasteiger partial charge in [-0.15, -0.1) is 5.10 Å². The second-order valence-electron chi connectivity index (χ2n) is 1.09. The highest BCUT2D eigenvalue weighted by Crippen LogP contribution is 1.86. The molecule has 1 aromatic heterocycles. The molecule has 0 bridgehead atoms. The number of nitrogen functional groups attached to an aromatic ring is 1. The van der Waals surface area contributed by atoms with Gasteiger partial charge in [0.25, 0.3) is 0 Å². The number of nitrogens with zero attached hydrogens (tertiary/aromatic N) is 3. The van der Waals surface area contributed by atoms with Crippen molar-refractivity contribution in [2.24, 2.45) is 6.98 Å². The average Bonchev–Trinajstić information content (AvgIpc) is 2.11. The van der Waals surface area contributed by atoms with Gasteiger partial charge in [0.15, 0.2) is 5.82 Å². The van der Waals surface area contributed by atoms with E-state index in [4.69, 9.17) is 9.85 Å². The van der Waals surface area contributed by atoms with Crippen LogP contribution in [0.15, 0.2) is 6.20 Å². The minimum Gasteiger partial charge on any atom is -0.381 e.